The maximum Gasteiger partial charge on any atom is 0.137 e. The zero-order valence-corrected chi connectivity index (χ0v) is 17.1. The first-order valence-electron chi connectivity index (χ1n) is 9.57. The zero-order chi connectivity index (χ0) is 19.7. The minimum absolute atomic E-state index is 0.0334. The number of benzene rings is 2. The number of ether oxygens (including phenoxy) is 1. The van der Waals surface area contributed by atoms with Crippen molar-refractivity contribution in [3.05, 3.63) is 59.3 Å². The quantitative estimate of drug-likeness (QED) is 0.640. The number of rotatable bonds is 5. The summed E-state index contributed by atoms with van der Waals surface area (Å²) >= 11 is 1.67. The van der Waals surface area contributed by atoms with Gasteiger partial charge in [0, 0.05) is 17.8 Å². The summed E-state index contributed by atoms with van der Waals surface area (Å²) in [4.78, 5) is 5.82. The average molecular weight is 390 g/mol. The highest BCUT2D eigenvalue weighted by Gasteiger charge is 2.24. The summed E-state index contributed by atoms with van der Waals surface area (Å²) in [6.07, 6.45) is 4.21. The first-order chi connectivity index (χ1) is 13.6. The normalized spacial score (nSPS) is 15.5. The van der Waals surface area contributed by atoms with Gasteiger partial charge in [-0.05, 0) is 68.6 Å². The van der Waals surface area contributed by atoms with Gasteiger partial charge >= 0.3 is 0 Å². The highest BCUT2D eigenvalue weighted by atomic mass is 32.1. The summed E-state index contributed by atoms with van der Waals surface area (Å²) < 4.78 is 5.73. The van der Waals surface area contributed by atoms with Gasteiger partial charge in [-0.1, -0.05) is 18.2 Å². The van der Waals surface area contributed by atoms with Gasteiger partial charge in [0.15, 0.2) is 0 Å². The lowest BCUT2D eigenvalue weighted by atomic mass is 10.0. The lowest BCUT2D eigenvalue weighted by molar-refractivity contribution is 0.242. The SMILES string of the molecule is CNC1CCc2c(-c3cnc(-c4ccc(OC(C)C)c(C#N)c4)s3)cccc21. The minimum atomic E-state index is 0.0334. The zero-order valence-electron chi connectivity index (χ0n) is 16.3. The Labute approximate surface area is 169 Å². The molecule has 1 aliphatic rings. The van der Waals surface area contributed by atoms with Gasteiger partial charge in [-0.3, -0.25) is 0 Å². The largest absolute Gasteiger partial charge is 0.490 e. The number of hydrogen-bond donors (Lipinski definition) is 1. The van der Waals surface area contributed by atoms with E-state index in [1.165, 1.54) is 21.6 Å². The van der Waals surface area contributed by atoms with E-state index in [-0.39, 0.29) is 6.10 Å². The third-order valence-electron chi connectivity index (χ3n) is 5.10. The van der Waals surface area contributed by atoms with E-state index in [9.17, 15) is 5.26 Å². The predicted molar refractivity (Wildman–Crippen MR) is 114 cm³/mol. The van der Waals surface area contributed by atoms with Gasteiger partial charge in [0.25, 0.3) is 0 Å². The first kappa shape index (κ1) is 18.7. The molecule has 0 spiro atoms. The van der Waals surface area contributed by atoms with Crippen LogP contribution in [-0.2, 0) is 6.42 Å². The van der Waals surface area contributed by atoms with Crippen molar-refractivity contribution in [1.82, 2.24) is 10.3 Å². The van der Waals surface area contributed by atoms with Crippen LogP contribution < -0.4 is 10.1 Å². The second-order valence-electron chi connectivity index (χ2n) is 7.27. The van der Waals surface area contributed by atoms with Crippen LogP contribution in [0, 0.1) is 11.3 Å². The van der Waals surface area contributed by atoms with Crippen molar-refractivity contribution in [2.75, 3.05) is 7.05 Å². The Morgan fingerprint density at radius 3 is 2.89 bits per heavy atom. The molecule has 5 heteroatoms. The van der Waals surface area contributed by atoms with E-state index in [0.717, 1.165) is 23.4 Å². The molecule has 1 aliphatic carbocycles. The topological polar surface area (TPSA) is 57.9 Å². The molecule has 1 unspecified atom stereocenters. The van der Waals surface area contributed by atoms with Crippen molar-refractivity contribution in [2.45, 2.75) is 38.8 Å². The van der Waals surface area contributed by atoms with Gasteiger partial charge in [0.2, 0.25) is 0 Å². The molecule has 0 radical (unpaired) electrons. The van der Waals surface area contributed by atoms with Crippen LogP contribution in [0.15, 0.2) is 42.6 Å². The highest BCUT2D eigenvalue weighted by Crippen LogP contribution is 2.41. The molecule has 1 aromatic heterocycles. The van der Waals surface area contributed by atoms with E-state index >= 15 is 0 Å². The molecule has 28 heavy (non-hydrogen) atoms. The van der Waals surface area contributed by atoms with Crippen LogP contribution in [0.25, 0.3) is 21.0 Å². The Morgan fingerprint density at radius 2 is 2.14 bits per heavy atom. The van der Waals surface area contributed by atoms with Crippen LogP contribution in [-0.4, -0.2) is 18.1 Å². The molecule has 0 saturated carbocycles. The number of nitrogens with one attached hydrogen (secondary N) is 1. The molecule has 0 fully saturated rings. The second kappa shape index (κ2) is 7.75. The van der Waals surface area contributed by atoms with E-state index in [1.807, 2.05) is 45.3 Å². The Kier molecular flexibility index (Phi) is 5.17. The van der Waals surface area contributed by atoms with Crippen molar-refractivity contribution in [3.8, 4) is 32.8 Å². The number of aromatic nitrogens is 1. The molecule has 0 bridgehead atoms. The van der Waals surface area contributed by atoms with Gasteiger partial charge in [0.05, 0.1) is 16.5 Å². The van der Waals surface area contributed by atoms with E-state index < -0.39 is 0 Å². The summed E-state index contributed by atoms with van der Waals surface area (Å²) in [7, 11) is 2.02. The molecule has 1 N–H and O–H groups in total. The molecule has 4 rings (SSSR count). The van der Waals surface area contributed by atoms with Crippen molar-refractivity contribution in [1.29, 1.82) is 5.26 Å². The Hall–Kier alpha value is -2.68. The summed E-state index contributed by atoms with van der Waals surface area (Å²) in [6, 6.07) is 14.9. The fourth-order valence-electron chi connectivity index (χ4n) is 3.82. The Morgan fingerprint density at radius 1 is 1.29 bits per heavy atom. The fraction of sp³-hybridized carbons (Fsp3) is 0.304. The van der Waals surface area contributed by atoms with E-state index in [4.69, 9.17) is 4.74 Å². The average Bonchev–Trinajstić information content (AvgIpc) is 3.34. The standard InChI is InChI=1S/C23H23N3OS/c1-14(2)27-21-10-7-15(11-16(21)12-24)23-26-13-22(28-23)19-6-4-5-18-17(19)8-9-20(18)25-3/h4-7,10-11,13-14,20,25H,8-9H2,1-3H3. The van der Waals surface area contributed by atoms with Gasteiger partial charge < -0.3 is 10.1 Å². The number of nitriles is 1. The predicted octanol–water partition coefficient (Wildman–Crippen LogP) is 5.34. The number of fused-ring (bicyclic) bond motifs is 1. The molecular formula is C23H23N3OS. The van der Waals surface area contributed by atoms with Gasteiger partial charge in [0.1, 0.15) is 16.8 Å². The van der Waals surface area contributed by atoms with E-state index in [2.05, 4.69) is 34.6 Å². The van der Waals surface area contributed by atoms with E-state index in [0.29, 0.717) is 17.4 Å². The summed E-state index contributed by atoms with van der Waals surface area (Å²) in [5.74, 6) is 0.622. The third kappa shape index (κ3) is 3.42. The van der Waals surface area contributed by atoms with Crippen LogP contribution in [0.1, 0.15) is 43.0 Å². The Balaban J connectivity index is 1.68. The van der Waals surface area contributed by atoms with Gasteiger partial charge in [-0.2, -0.15) is 5.26 Å². The van der Waals surface area contributed by atoms with Crippen LogP contribution in [0.2, 0.25) is 0 Å². The summed E-state index contributed by atoms with van der Waals surface area (Å²) in [5, 5.41) is 13.8. The lowest BCUT2D eigenvalue weighted by Crippen LogP contribution is -2.12. The Bertz CT molecular complexity index is 1050. The van der Waals surface area contributed by atoms with Crippen LogP contribution in [0.5, 0.6) is 5.75 Å². The molecule has 2 aromatic carbocycles. The van der Waals surface area contributed by atoms with Crippen molar-refractivity contribution < 1.29 is 4.74 Å². The first-order valence-corrected chi connectivity index (χ1v) is 10.4. The highest BCUT2D eigenvalue weighted by molar-refractivity contribution is 7.18. The lowest BCUT2D eigenvalue weighted by Gasteiger charge is -2.11. The molecule has 0 amide bonds. The molecule has 4 nitrogen and oxygen atoms in total. The molecule has 3 aromatic rings. The van der Waals surface area contributed by atoms with Gasteiger partial charge in [-0.15, -0.1) is 11.3 Å². The molecular weight excluding hydrogens is 366 g/mol. The molecule has 1 heterocycles. The molecule has 0 saturated heterocycles. The van der Waals surface area contributed by atoms with Crippen LogP contribution >= 0.6 is 11.3 Å². The molecule has 0 aliphatic heterocycles. The van der Waals surface area contributed by atoms with Crippen LogP contribution in [0.3, 0.4) is 0 Å². The van der Waals surface area contributed by atoms with Crippen LogP contribution in [0.4, 0.5) is 0 Å². The molecule has 1 atom stereocenters. The second-order valence-corrected chi connectivity index (χ2v) is 8.30. The fourth-order valence-corrected chi connectivity index (χ4v) is 4.79. The summed E-state index contributed by atoms with van der Waals surface area (Å²) in [5.41, 5.74) is 5.59. The van der Waals surface area contributed by atoms with Crippen molar-refractivity contribution in [2.24, 2.45) is 0 Å². The third-order valence-corrected chi connectivity index (χ3v) is 6.18. The number of hydrogen-bond acceptors (Lipinski definition) is 5. The van der Waals surface area contributed by atoms with Gasteiger partial charge in [-0.25, -0.2) is 4.98 Å². The van der Waals surface area contributed by atoms with Crippen molar-refractivity contribution in [3.63, 3.8) is 0 Å². The molecule has 142 valence electrons. The summed E-state index contributed by atoms with van der Waals surface area (Å²) in [6.45, 7) is 3.91. The smallest absolute Gasteiger partial charge is 0.137 e. The van der Waals surface area contributed by atoms with E-state index in [1.54, 1.807) is 11.3 Å². The maximum atomic E-state index is 9.49. The minimum Gasteiger partial charge on any atom is -0.490 e. The maximum absolute atomic E-state index is 9.49. The number of thiazole rings is 1. The van der Waals surface area contributed by atoms with Crippen molar-refractivity contribution >= 4 is 11.3 Å². The number of nitrogens with zero attached hydrogens (tertiary/aromatic N) is 2. The monoisotopic (exact) mass is 389 g/mol.